The van der Waals surface area contributed by atoms with E-state index in [1.165, 1.54) is 38.5 Å². The molecule has 44 heavy (non-hydrogen) atoms. The van der Waals surface area contributed by atoms with Gasteiger partial charge in [-0.15, -0.1) is 4.89 Å². The van der Waals surface area contributed by atoms with Gasteiger partial charge in [-0.3, -0.25) is 9.68 Å². The fourth-order valence-corrected chi connectivity index (χ4v) is 5.01. The average molecular weight is 625 g/mol. The highest BCUT2D eigenvalue weighted by atomic mass is 17.2. The van der Waals surface area contributed by atoms with Crippen LogP contribution in [0.1, 0.15) is 181 Å². The van der Waals surface area contributed by atoms with E-state index in [9.17, 15) is 19.8 Å². The zero-order valence-corrected chi connectivity index (χ0v) is 28.5. The summed E-state index contributed by atoms with van der Waals surface area (Å²) < 4.78 is 4.97. The number of hydrogen-bond donors (Lipinski definition) is 2. The molecule has 0 unspecified atom stereocenters. The molecule has 0 radical (unpaired) electrons. The number of carbonyl (C=O) groups excluding carboxylic acids is 2. The highest BCUT2D eigenvalue weighted by Gasteiger charge is 2.07. The summed E-state index contributed by atoms with van der Waals surface area (Å²) in [5.74, 6) is -0.781. The fourth-order valence-electron chi connectivity index (χ4n) is 5.01. The smallest absolute Gasteiger partial charge is 0.342 e. The first kappa shape index (κ1) is 42.3. The van der Waals surface area contributed by atoms with Gasteiger partial charge in [0.05, 0.1) is 12.2 Å². The Bertz CT molecular complexity index is 633. The third-order valence-electron chi connectivity index (χ3n) is 7.85. The molecule has 0 saturated heterocycles. The van der Waals surface area contributed by atoms with Crippen molar-refractivity contribution < 1.29 is 34.3 Å². The highest BCUT2D eigenvalue weighted by molar-refractivity contribution is 5.69. The predicted molar refractivity (Wildman–Crippen MR) is 180 cm³/mol. The fraction of sp³-hybridized carbons (Fsp3) is 0.838. The summed E-state index contributed by atoms with van der Waals surface area (Å²) in [5, 5.41) is 19.9. The minimum atomic E-state index is -0.439. The molecular weight excluding hydrogens is 556 g/mol. The van der Waals surface area contributed by atoms with Crippen LogP contribution in [-0.2, 0) is 24.1 Å². The lowest BCUT2D eigenvalue weighted by Crippen LogP contribution is -2.11. The van der Waals surface area contributed by atoms with Crippen molar-refractivity contribution in [2.24, 2.45) is 0 Å². The number of allylic oxidation sites excluding steroid dienone is 2. The van der Waals surface area contributed by atoms with E-state index >= 15 is 0 Å². The summed E-state index contributed by atoms with van der Waals surface area (Å²) in [6, 6.07) is 0. The van der Waals surface area contributed by atoms with Gasteiger partial charge >= 0.3 is 11.9 Å². The van der Waals surface area contributed by atoms with Crippen LogP contribution in [0.5, 0.6) is 0 Å². The van der Waals surface area contributed by atoms with Crippen molar-refractivity contribution in [3.05, 3.63) is 24.3 Å². The Labute approximate surface area is 270 Å². The van der Waals surface area contributed by atoms with E-state index in [1.807, 2.05) is 0 Å². The van der Waals surface area contributed by atoms with Crippen molar-refractivity contribution in [2.45, 2.75) is 193 Å². The van der Waals surface area contributed by atoms with E-state index in [1.54, 1.807) is 0 Å². The van der Waals surface area contributed by atoms with Gasteiger partial charge in [0.1, 0.15) is 0 Å². The Kier molecular flexibility index (Phi) is 32.9. The molecule has 0 aliphatic carbocycles. The van der Waals surface area contributed by atoms with Crippen molar-refractivity contribution in [1.82, 2.24) is 0 Å². The molecule has 0 spiro atoms. The Hall–Kier alpha value is -1.70. The van der Waals surface area contributed by atoms with Crippen molar-refractivity contribution in [2.75, 3.05) is 6.79 Å². The van der Waals surface area contributed by atoms with Crippen molar-refractivity contribution in [3.8, 4) is 0 Å². The lowest BCUT2D eigenvalue weighted by Gasteiger charge is -2.07. The van der Waals surface area contributed by atoms with Gasteiger partial charge in [-0.2, -0.15) is 0 Å². The average Bonchev–Trinajstić information content (AvgIpc) is 3.01. The third-order valence-corrected chi connectivity index (χ3v) is 7.85. The summed E-state index contributed by atoms with van der Waals surface area (Å²) in [7, 11) is 0. The van der Waals surface area contributed by atoms with Crippen LogP contribution in [0.3, 0.4) is 0 Å². The minimum Gasteiger partial charge on any atom is -0.434 e. The largest absolute Gasteiger partial charge is 0.434 e. The number of aliphatic hydroxyl groups is 2. The predicted octanol–water partition coefficient (Wildman–Crippen LogP) is 9.98. The molecule has 7 nitrogen and oxygen atoms in total. The lowest BCUT2D eigenvalue weighted by molar-refractivity contribution is -0.305. The first-order chi connectivity index (χ1) is 21.5. The molecule has 7 heteroatoms. The van der Waals surface area contributed by atoms with Crippen LogP contribution < -0.4 is 0 Å². The van der Waals surface area contributed by atoms with Gasteiger partial charge in [0.25, 0.3) is 0 Å². The van der Waals surface area contributed by atoms with E-state index in [0.29, 0.717) is 12.8 Å². The molecule has 0 aliphatic rings. The monoisotopic (exact) mass is 624 g/mol. The number of ether oxygens (including phenoxy) is 1. The quantitative estimate of drug-likeness (QED) is 0.0187. The molecule has 258 valence electrons. The number of rotatable bonds is 33. The van der Waals surface area contributed by atoms with E-state index < -0.39 is 5.97 Å². The third kappa shape index (κ3) is 33.2. The van der Waals surface area contributed by atoms with Crippen LogP contribution in [-0.4, -0.2) is 41.2 Å². The summed E-state index contributed by atoms with van der Waals surface area (Å²) in [6.07, 6.45) is 33.8. The van der Waals surface area contributed by atoms with Gasteiger partial charge in [0.15, 0.2) is 0 Å². The van der Waals surface area contributed by atoms with Gasteiger partial charge in [0.2, 0.25) is 6.79 Å². The SMILES string of the molecule is CCCCCC[C@@H](O)C/C=C\CCCCCCCC(=O)OCOOC(=O)CCCCCCC/C=C\C[C@H](O)CCCCCC. The minimum absolute atomic E-state index is 0.207. The van der Waals surface area contributed by atoms with Gasteiger partial charge in [-0.1, -0.05) is 128 Å². The van der Waals surface area contributed by atoms with Crippen molar-refractivity contribution in [1.29, 1.82) is 0 Å². The summed E-state index contributed by atoms with van der Waals surface area (Å²) in [6.45, 7) is 4.03. The molecule has 0 bridgehead atoms. The van der Waals surface area contributed by atoms with E-state index in [4.69, 9.17) is 14.5 Å². The first-order valence-electron chi connectivity index (χ1n) is 18.1. The maximum atomic E-state index is 11.8. The normalized spacial score (nSPS) is 13.1. The number of hydrogen-bond acceptors (Lipinski definition) is 7. The molecule has 0 heterocycles. The van der Waals surface area contributed by atoms with Crippen molar-refractivity contribution in [3.63, 3.8) is 0 Å². The molecule has 0 fully saturated rings. The maximum absolute atomic E-state index is 11.8. The zero-order chi connectivity index (χ0) is 32.4. The molecule has 0 amide bonds. The van der Waals surface area contributed by atoms with Crippen LogP contribution in [0, 0.1) is 0 Å². The van der Waals surface area contributed by atoms with Crippen molar-refractivity contribution >= 4 is 11.9 Å². The van der Waals surface area contributed by atoms with Gasteiger partial charge in [-0.25, -0.2) is 4.79 Å². The molecule has 2 atom stereocenters. The molecule has 0 rings (SSSR count). The number of unbranched alkanes of at least 4 members (excludes halogenated alkanes) is 16. The van der Waals surface area contributed by atoms with Gasteiger partial charge in [-0.05, 0) is 64.2 Å². The standard InChI is InChI=1S/C37H68O7/c1-3-5-7-21-27-34(38)29-23-17-13-9-11-15-19-25-31-36(40)42-33-43-44-37(41)32-26-20-16-12-10-14-18-24-30-35(39)28-22-8-6-4-2/h17-18,23-24,34-35,38-39H,3-16,19-22,25-33H2,1-2H3/b23-17-,24-18-/t34-,35-/m1/s1. The molecule has 0 aromatic heterocycles. The summed E-state index contributed by atoms with van der Waals surface area (Å²) in [4.78, 5) is 33.0. The zero-order valence-electron chi connectivity index (χ0n) is 28.5. The first-order valence-corrected chi connectivity index (χ1v) is 18.1. The Morgan fingerprint density at radius 3 is 1.48 bits per heavy atom. The number of aliphatic hydroxyl groups excluding tert-OH is 2. The molecule has 0 aliphatic heterocycles. The van der Waals surface area contributed by atoms with E-state index in [-0.39, 0.29) is 25.0 Å². The van der Waals surface area contributed by atoms with Crippen LogP contribution in [0.15, 0.2) is 24.3 Å². The second kappa shape index (κ2) is 34.2. The lowest BCUT2D eigenvalue weighted by atomic mass is 10.1. The van der Waals surface area contributed by atoms with Crippen LogP contribution >= 0.6 is 0 Å². The van der Waals surface area contributed by atoms with E-state index in [0.717, 1.165) is 116 Å². The molecule has 0 aromatic carbocycles. The van der Waals surface area contributed by atoms with Crippen LogP contribution in [0.25, 0.3) is 0 Å². The molecule has 0 saturated carbocycles. The summed E-state index contributed by atoms with van der Waals surface area (Å²) in [5.41, 5.74) is 0. The summed E-state index contributed by atoms with van der Waals surface area (Å²) >= 11 is 0. The van der Waals surface area contributed by atoms with E-state index in [2.05, 4.69) is 38.2 Å². The Morgan fingerprint density at radius 2 is 0.977 bits per heavy atom. The number of esters is 1. The highest BCUT2D eigenvalue weighted by Crippen LogP contribution is 2.12. The second-order valence-corrected chi connectivity index (χ2v) is 12.2. The molecule has 2 N–H and O–H groups in total. The maximum Gasteiger partial charge on any atom is 0.342 e. The number of carbonyl (C=O) groups is 2. The topological polar surface area (TPSA) is 102 Å². The molecule has 0 aromatic rings. The second-order valence-electron chi connectivity index (χ2n) is 12.2. The van der Waals surface area contributed by atoms with Gasteiger partial charge < -0.3 is 14.9 Å². The Morgan fingerprint density at radius 1 is 0.545 bits per heavy atom. The van der Waals surface area contributed by atoms with Crippen LogP contribution in [0.2, 0.25) is 0 Å². The molecular formula is C37H68O7. The van der Waals surface area contributed by atoms with Crippen LogP contribution in [0.4, 0.5) is 0 Å². The Balaban J connectivity index is 3.44. The van der Waals surface area contributed by atoms with Gasteiger partial charge in [0, 0.05) is 12.8 Å².